The molecule has 1 unspecified atom stereocenters. The van der Waals surface area contributed by atoms with E-state index < -0.39 is 0 Å². The fraction of sp³-hybridized carbons (Fsp3) is 0.250. The number of rotatable bonds is 3. The Labute approximate surface area is 162 Å². The first kappa shape index (κ1) is 17.6. The molecule has 1 atom stereocenters. The van der Waals surface area contributed by atoms with Gasteiger partial charge in [-0.05, 0) is 42.3 Å². The number of nitrogens with zero attached hydrogens (tertiary/aromatic N) is 3. The number of thioether (sulfide) groups is 1. The molecule has 0 spiro atoms. The normalized spacial score (nSPS) is 16.4. The number of benzene rings is 1. The summed E-state index contributed by atoms with van der Waals surface area (Å²) in [5.74, 6) is 1.91. The summed E-state index contributed by atoms with van der Waals surface area (Å²) in [4.78, 5) is 16.8. The molecule has 2 aromatic heterocycles. The number of aromatic nitrogens is 3. The van der Waals surface area contributed by atoms with Crippen LogP contribution in [-0.4, -0.2) is 33.5 Å². The number of nitrogens with one attached hydrogen (secondary N) is 1. The topological polar surface area (TPSA) is 69.0 Å². The Bertz CT molecular complexity index is 1000. The first-order valence-corrected chi connectivity index (χ1v) is 9.67. The van der Waals surface area contributed by atoms with Gasteiger partial charge in [-0.2, -0.15) is 5.10 Å². The maximum atomic E-state index is 12.3. The van der Waals surface area contributed by atoms with Gasteiger partial charge in [0.05, 0.1) is 23.8 Å². The molecular formula is C20H20N4O2S. The third-order valence-corrected chi connectivity index (χ3v) is 5.90. The molecule has 0 fully saturated rings. The summed E-state index contributed by atoms with van der Waals surface area (Å²) in [5, 5.41) is 7.66. The SMILES string of the molecule is COc1ccc(C2SCC(=O)Nc3c2c(-c2ccccn2)nn3C)c(C)c1. The van der Waals surface area contributed by atoms with Crippen molar-refractivity contribution in [3.05, 3.63) is 59.3 Å². The number of fused-ring (bicyclic) bond motifs is 1. The van der Waals surface area contributed by atoms with E-state index >= 15 is 0 Å². The van der Waals surface area contributed by atoms with Crippen molar-refractivity contribution < 1.29 is 9.53 Å². The number of pyridine rings is 1. The van der Waals surface area contributed by atoms with Crippen molar-refractivity contribution in [3.8, 4) is 17.1 Å². The minimum atomic E-state index is -0.0319. The summed E-state index contributed by atoms with van der Waals surface area (Å²) < 4.78 is 7.08. The summed E-state index contributed by atoms with van der Waals surface area (Å²) in [5.41, 5.74) is 4.83. The third-order valence-electron chi connectivity index (χ3n) is 4.65. The maximum Gasteiger partial charge on any atom is 0.235 e. The van der Waals surface area contributed by atoms with Gasteiger partial charge in [0.2, 0.25) is 5.91 Å². The second-order valence-electron chi connectivity index (χ2n) is 6.41. The summed E-state index contributed by atoms with van der Waals surface area (Å²) in [7, 11) is 3.51. The van der Waals surface area contributed by atoms with Gasteiger partial charge in [0.15, 0.2) is 0 Å². The Kier molecular flexibility index (Phi) is 4.61. The Hall–Kier alpha value is -2.80. The minimum Gasteiger partial charge on any atom is -0.497 e. The Morgan fingerprint density at radius 1 is 1.30 bits per heavy atom. The number of hydrogen-bond acceptors (Lipinski definition) is 5. The van der Waals surface area contributed by atoms with Crippen molar-refractivity contribution in [1.82, 2.24) is 14.8 Å². The number of ether oxygens (including phenoxy) is 1. The van der Waals surface area contributed by atoms with Gasteiger partial charge in [-0.3, -0.25) is 14.5 Å². The predicted octanol–water partition coefficient (Wildman–Crippen LogP) is 3.57. The van der Waals surface area contributed by atoms with Crippen LogP contribution in [0.5, 0.6) is 5.75 Å². The van der Waals surface area contributed by atoms with Crippen LogP contribution in [0.4, 0.5) is 5.82 Å². The quantitative estimate of drug-likeness (QED) is 0.752. The molecule has 3 heterocycles. The highest BCUT2D eigenvalue weighted by Crippen LogP contribution is 2.46. The number of aryl methyl sites for hydroxylation is 2. The van der Waals surface area contributed by atoms with E-state index in [1.807, 2.05) is 37.4 Å². The molecule has 1 aliphatic rings. The van der Waals surface area contributed by atoms with Crippen LogP contribution in [0.1, 0.15) is 21.9 Å². The number of carbonyl (C=O) groups excluding carboxylic acids is 1. The molecular weight excluding hydrogens is 360 g/mol. The van der Waals surface area contributed by atoms with Crippen molar-refractivity contribution in [1.29, 1.82) is 0 Å². The molecule has 0 radical (unpaired) electrons. The van der Waals surface area contributed by atoms with E-state index in [1.54, 1.807) is 29.8 Å². The van der Waals surface area contributed by atoms with Crippen LogP contribution in [0, 0.1) is 6.92 Å². The van der Waals surface area contributed by atoms with Crippen LogP contribution >= 0.6 is 11.8 Å². The molecule has 1 aliphatic heterocycles. The van der Waals surface area contributed by atoms with Crippen molar-refractivity contribution in [2.75, 3.05) is 18.2 Å². The van der Waals surface area contributed by atoms with Crippen LogP contribution in [0.25, 0.3) is 11.4 Å². The molecule has 1 N–H and O–H groups in total. The largest absolute Gasteiger partial charge is 0.497 e. The molecule has 4 rings (SSSR count). The van der Waals surface area contributed by atoms with Gasteiger partial charge in [-0.1, -0.05) is 12.1 Å². The lowest BCUT2D eigenvalue weighted by molar-refractivity contribution is -0.113. The van der Waals surface area contributed by atoms with E-state index in [4.69, 9.17) is 4.74 Å². The summed E-state index contributed by atoms with van der Waals surface area (Å²) in [6.45, 7) is 2.06. The van der Waals surface area contributed by atoms with E-state index in [0.29, 0.717) is 5.75 Å². The van der Waals surface area contributed by atoms with Gasteiger partial charge in [-0.15, -0.1) is 11.8 Å². The summed E-state index contributed by atoms with van der Waals surface area (Å²) in [6, 6.07) is 11.8. The highest BCUT2D eigenvalue weighted by Gasteiger charge is 2.32. The Morgan fingerprint density at radius 2 is 2.15 bits per heavy atom. The summed E-state index contributed by atoms with van der Waals surface area (Å²) in [6.07, 6.45) is 1.76. The molecule has 0 saturated heterocycles. The van der Waals surface area contributed by atoms with Crippen LogP contribution in [0.15, 0.2) is 42.6 Å². The standard InChI is InChI=1S/C20H20N4O2S/c1-12-10-13(26-3)7-8-14(12)19-17-18(15-6-4-5-9-21-15)23-24(2)20(17)22-16(25)11-27-19/h4-10,19H,11H2,1-3H3,(H,22,25). The van der Waals surface area contributed by atoms with E-state index in [1.165, 1.54) is 0 Å². The number of amides is 1. The Morgan fingerprint density at radius 3 is 2.85 bits per heavy atom. The second kappa shape index (κ2) is 7.08. The molecule has 3 aromatic rings. The van der Waals surface area contributed by atoms with Gasteiger partial charge in [0, 0.05) is 18.8 Å². The van der Waals surface area contributed by atoms with Crippen LogP contribution in [-0.2, 0) is 11.8 Å². The van der Waals surface area contributed by atoms with E-state index in [9.17, 15) is 4.79 Å². The van der Waals surface area contributed by atoms with Gasteiger partial charge in [0.25, 0.3) is 0 Å². The molecule has 1 aromatic carbocycles. The van der Waals surface area contributed by atoms with Gasteiger partial charge in [-0.25, -0.2) is 0 Å². The van der Waals surface area contributed by atoms with E-state index in [2.05, 4.69) is 28.4 Å². The van der Waals surface area contributed by atoms with Crippen molar-refractivity contribution in [3.63, 3.8) is 0 Å². The van der Waals surface area contributed by atoms with Gasteiger partial charge < -0.3 is 10.1 Å². The fourth-order valence-electron chi connectivity index (χ4n) is 3.35. The zero-order valence-corrected chi connectivity index (χ0v) is 16.2. The van der Waals surface area contributed by atoms with Gasteiger partial charge >= 0.3 is 0 Å². The average Bonchev–Trinajstić information content (AvgIpc) is 2.89. The van der Waals surface area contributed by atoms with Crippen LogP contribution in [0.2, 0.25) is 0 Å². The molecule has 0 saturated carbocycles. The molecule has 138 valence electrons. The maximum absolute atomic E-state index is 12.3. The third kappa shape index (κ3) is 3.19. The molecule has 27 heavy (non-hydrogen) atoms. The van der Waals surface area contributed by atoms with Crippen molar-refractivity contribution in [2.24, 2.45) is 7.05 Å². The zero-order valence-electron chi connectivity index (χ0n) is 15.4. The number of methoxy groups -OCH3 is 1. The van der Waals surface area contributed by atoms with Gasteiger partial charge in [0.1, 0.15) is 17.3 Å². The average molecular weight is 380 g/mol. The number of carbonyl (C=O) groups is 1. The fourth-order valence-corrected chi connectivity index (χ4v) is 4.58. The van der Waals surface area contributed by atoms with E-state index in [0.717, 1.165) is 39.6 Å². The molecule has 1 amide bonds. The zero-order chi connectivity index (χ0) is 19.0. The number of hydrogen-bond donors (Lipinski definition) is 1. The lowest BCUT2D eigenvalue weighted by Gasteiger charge is -2.19. The molecule has 6 nitrogen and oxygen atoms in total. The molecule has 7 heteroatoms. The minimum absolute atomic E-state index is 0.0227. The smallest absolute Gasteiger partial charge is 0.235 e. The highest BCUT2D eigenvalue weighted by molar-refractivity contribution is 8.00. The first-order chi connectivity index (χ1) is 13.1. The lowest BCUT2D eigenvalue weighted by Crippen LogP contribution is -2.15. The monoisotopic (exact) mass is 380 g/mol. The van der Waals surface area contributed by atoms with Crippen LogP contribution in [0.3, 0.4) is 0 Å². The Balaban J connectivity index is 1.92. The summed E-state index contributed by atoms with van der Waals surface area (Å²) >= 11 is 1.60. The first-order valence-electron chi connectivity index (χ1n) is 8.62. The van der Waals surface area contributed by atoms with Crippen molar-refractivity contribution in [2.45, 2.75) is 12.2 Å². The van der Waals surface area contributed by atoms with E-state index in [-0.39, 0.29) is 11.2 Å². The molecule has 0 aliphatic carbocycles. The highest BCUT2D eigenvalue weighted by atomic mass is 32.2. The predicted molar refractivity (Wildman–Crippen MR) is 107 cm³/mol. The second-order valence-corrected chi connectivity index (χ2v) is 7.50. The van der Waals surface area contributed by atoms with Crippen LogP contribution < -0.4 is 10.1 Å². The van der Waals surface area contributed by atoms with Crippen molar-refractivity contribution >= 4 is 23.5 Å². The molecule has 0 bridgehead atoms. The number of anilines is 1. The lowest BCUT2D eigenvalue weighted by atomic mass is 9.98.